The summed E-state index contributed by atoms with van der Waals surface area (Å²) in [6.07, 6.45) is 0. The zero-order valence-electron chi connectivity index (χ0n) is 8.95. The largest absolute Gasteiger partial charge is 0.489 e. The molecular weight excluding hydrogens is 248 g/mol. The molecule has 0 fully saturated rings. The van der Waals surface area contributed by atoms with E-state index in [9.17, 15) is 14.9 Å². The van der Waals surface area contributed by atoms with Crippen molar-refractivity contribution in [1.82, 2.24) is 4.98 Å². The van der Waals surface area contributed by atoms with Crippen LogP contribution in [0.5, 0.6) is 5.75 Å². The van der Waals surface area contributed by atoms with E-state index in [1.165, 1.54) is 13.2 Å². The quantitative estimate of drug-likeness (QED) is 0.606. The number of nitrogens with zero attached hydrogens (tertiary/aromatic N) is 2. The lowest BCUT2D eigenvalue weighted by Gasteiger charge is -2.01. The molecule has 1 aromatic heterocycles. The molecule has 0 aliphatic heterocycles. The van der Waals surface area contributed by atoms with Crippen molar-refractivity contribution in [3.8, 4) is 5.75 Å². The molecule has 17 heavy (non-hydrogen) atoms. The van der Waals surface area contributed by atoms with Crippen molar-refractivity contribution >= 4 is 23.5 Å². The Morgan fingerprint density at radius 3 is 2.88 bits per heavy atom. The summed E-state index contributed by atoms with van der Waals surface area (Å²) in [5.74, 6) is -0.973. The Balaban J connectivity index is 2.78. The number of methoxy groups -OCH3 is 1. The summed E-state index contributed by atoms with van der Waals surface area (Å²) in [5, 5.41) is 19.1. The monoisotopic (exact) mass is 258 g/mol. The summed E-state index contributed by atoms with van der Waals surface area (Å²) in [4.78, 5) is 24.1. The van der Waals surface area contributed by atoms with Crippen LogP contribution in [0.1, 0.15) is 5.69 Å². The average Bonchev–Trinajstić information content (AvgIpc) is 2.28. The highest BCUT2D eigenvalue weighted by molar-refractivity contribution is 7.99. The molecule has 0 bridgehead atoms. The van der Waals surface area contributed by atoms with Crippen LogP contribution in [0.4, 0.5) is 5.82 Å². The summed E-state index contributed by atoms with van der Waals surface area (Å²) >= 11 is 1.12. The first kappa shape index (κ1) is 13.2. The molecule has 1 heterocycles. The summed E-state index contributed by atoms with van der Waals surface area (Å²) in [6.45, 7) is 0. The molecule has 0 spiro atoms. The lowest BCUT2D eigenvalue weighted by atomic mass is 10.3. The van der Waals surface area contributed by atoms with E-state index in [1.807, 2.05) is 0 Å². The molecule has 0 saturated heterocycles. The highest BCUT2D eigenvalue weighted by Gasteiger charge is 2.18. The molecule has 0 amide bonds. The Labute approximate surface area is 101 Å². The highest BCUT2D eigenvalue weighted by Crippen LogP contribution is 2.25. The van der Waals surface area contributed by atoms with E-state index in [4.69, 9.17) is 9.84 Å². The van der Waals surface area contributed by atoms with Gasteiger partial charge in [0.2, 0.25) is 5.75 Å². The maximum absolute atomic E-state index is 10.7. The molecule has 0 saturated carbocycles. The van der Waals surface area contributed by atoms with Gasteiger partial charge in [-0.25, -0.2) is 0 Å². The standard InChI is InChI=1S/C9H10N2O5S/c1-16-7-3-2-6(4-17-5-8(12)13)10-9(7)11(14)15/h2-3H,4-5H2,1H3,(H,12,13). The Morgan fingerprint density at radius 2 is 2.35 bits per heavy atom. The third-order valence-electron chi connectivity index (χ3n) is 1.77. The zero-order chi connectivity index (χ0) is 12.8. The minimum absolute atomic E-state index is 0.0679. The number of aliphatic carboxylic acids is 1. The molecule has 0 aliphatic rings. The number of rotatable bonds is 6. The van der Waals surface area contributed by atoms with E-state index < -0.39 is 10.9 Å². The van der Waals surface area contributed by atoms with Gasteiger partial charge in [-0.15, -0.1) is 11.8 Å². The van der Waals surface area contributed by atoms with Crippen molar-refractivity contribution in [2.24, 2.45) is 0 Å². The van der Waals surface area contributed by atoms with Crippen LogP contribution in [0.3, 0.4) is 0 Å². The summed E-state index contributed by atoms with van der Waals surface area (Å²) in [6, 6.07) is 3.02. The molecule has 0 atom stereocenters. The molecule has 1 aromatic rings. The fourth-order valence-electron chi connectivity index (χ4n) is 1.09. The highest BCUT2D eigenvalue weighted by atomic mass is 32.2. The second-order valence-electron chi connectivity index (χ2n) is 2.97. The van der Waals surface area contributed by atoms with Crippen molar-refractivity contribution in [2.45, 2.75) is 5.75 Å². The van der Waals surface area contributed by atoms with Gasteiger partial charge in [-0.1, -0.05) is 0 Å². The minimum Gasteiger partial charge on any atom is -0.489 e. The molecule has 1 N–H and O–H groups in total. The fraction of sp³-hybridized carbons (Fsp3) is 0.333. The molecule has 0 aliphatic carbocycles. The summed E-state index contributed by atoms with van der Waals surface area (Å²) in [7, 11) is 1.32. The predicted molar refractivity (Wildman–Crippen MR) is 61.2 cm³/mol. The number of carbonyl (C=O) groups is 1. The van der Waals surface area contributed by atoms with Gasteiger partial charge >= 0.3 is 11.8 Å². The summed E-state index contributed by atoms with van der Waals surface area (Å²) < 4.78 is 4.80. The maximum Gasteiger partial charge on any atom is 0.406 e. The number of pyridine rings is 1. The van der Waals surface area contributed by atoms with Crippen molar-refractivity contribution in [3.05, 3.63) is 27.9 Å². The SMILES string of the molecule is COc1ccc(CSCC(=O)O)nc1[N+](=O)[O-]. The van der Waals surface area contributed by atoms with E-state index in [0.29, 0.717) is 11.4 Å². The van der Waals surface area contributed by atoms with Gasteiger partial charge in [0, 0.05) is 0 Å². The van der Waals surface area contributed by atoms with Crippen LogP contribution in [-0.4, -0.2) is 33.8 Å². The topological polar surface area (TPSA) is 103 Å². The lowest BCUT2D eigenvalue weighted by molar-refractivity contribution is -0.390. The Kier molecular flexibility index (Phi) is 4.70. The van der Waals surface area contributed by atoms with Gasteiger partial charge in [-0.05, 0) is 22.0 Å². The third-order valence-corrected chi connectivity index (χ3v) is 2.72. The Hall–Kier alpha value is -1.83. The van der Waals surface area contributed by atoms with Crippen LogP contribution in [-0.2, 0) is 10.5 Å². The Bertz CT molecular complexity index is 437. The molecule has 0 radical (unpaired) electrons. The van der Waals surface area contributed by atoms with E-state index in [1.54, 1.807) is 6.07 Å². The number of carboxylic acids is 1. The molecule has 1 rings (SSSR count). The van der Waals surface area contributed by atoms with Gasteiger partial charge in [-0.3, -0.25) is 4.79 Å². The summed E-state index contributed by atoms with van der Waals surface area (Å²) in [5.41, 5.74) is 0.448. The van der Waals surface area contributed by atoms with Gasteiger partial charge in [-0.2, -0.15) is 0 Å². The molecule has 0 aromatic carbocycles. The second-order valence-corrected chi connectivity index (χ2v) is 3.96. The van der Waals surface area contributed by atoms with Crippen LogP contribution in [0, 0.1) is 10.1 Å². The molecule has 0 unspecified atom stereocenters. The smallest absolute Gasteiger partial charge is 0.406 e. The van der Waals surface area contributed by atoms with Crippen molar-refractivity contribution in [2.75, 3.05) is 12.9 Å². The number of hydrogen-bond donors (Lipinski definition) is 1. The maximum atomic E-state index is 10.7. The first-order valence-corrected chi connectivity index (χ1v) is 5.68. The van der Waals surface area contributed by atoms with Crippen molar-refractivity contribution in [1.29, 1.82) is 0 Å². The van der Waals surface area contributed by atoms with Gasteiger partial charge in [0.1, 0.15) is 0 Å². The first-order valence-electron chi connectivity index (χ1n) is 4.52. The average molecular weight is 258 g/mol. The lowest BCUT2D eigenvalue weighted by Crippen LogP contribution is -2.01. The molecule has 8 heteroatoms. The fourth-order valence-corrected chi connectivity index (χ4v) is 1.73. The van der Waals surface area contributed by atoms with E-state index in [-0.39, 0.29) is 17.3 Å². The molecule has 7 nitrogen and oxygen atoms in total. The van der Waals surface area contributed by atoms with Gasteiger partial charge in [0.15, 0.2) is 5.69 Å². The number of thioether (sulfide) groups is 1. The van der Waals surface area contributed by atoms with Crippen LogP contribution in [0.2, 0.25) is 0 Å². The van der Waals surface area contributed by atoms with Crippen molar-refractivity contribution in [3.63, 3.8) is 0 Å². The number of ether oxygens (including phenoxy) is 1. The third kappa shape index (κ3) is 3.91. The number of nitro groups is 1. The first-order chi connectivity index (χ1) is 8.04. The van der Waals surface area contributed by atoms with Crippen LogP contribution < -0.4 is 4.74 Å². The van der Waals surface area contributed by atoms with E-state index in [0.717, 1.165) is 11.8 Å². The Morgan fingerprint density at radius 1 is 1.65 bits per heavy atom. The van der Waals surface area contributed by atoms with Crippen molar-refractivity contribution < 1.29 is 19.6 Å². The minimum atomic E-state index is -0.932. The van der Waals surface area contributed by atoms with Gasteiger partial charge in [0.05, 0.1) is 18.6 Å². The van der Waals surface area contributed by atoms with Gasteiger partial charge < -0.3 is 20.0 Å². The van der Waals surface area contributed by atoms with E-state index in [2.05, 4.69) is 4.98 Å². The van der Waals surface area contributed by atoms with Gasteiger partial charge in [0.25, 0.3) is 0 Å². The zero-order valence-corrected chi connectivity index (χ0v) is 9.77. The van der Waals surface area contributed by atoms with Crippen LogP contribution in [0.15, 0.2) is 12.1 Å². The normalized spacial score (nSPS) is 9.94. The second kappa shape index (κ2) is 6.04. The number of hydrogen-bond acceptors (Lipinski definition) is 6. The predicted octanol–water partition coefficient (Wildman–Crippen LogP) is 1.32. The number of carboxylic acid groups (broad SMARTS) is 1. The van der Waals surface area contributed by atoms with Crippen LogP contribution >= 0.6 is 11.8 Å². The molecule has 92 valence electrons. The number of aromatic nitrogens is 1. The van der Waals surface area contributed by atoms with Crippen LogP contribution in [0.25, 0.3) is 0 Å². The molecular formula is C9H10N2O5S. The van der Waals surface area contributed by atoms with E-state index >= 15 is 0 Å².